The number of hydrogen-bond donors (Lipinski definition) is 1. The largest absolute Gasteiger partial charge is 0.311 e. The number of nitrogens with one attached hydrogen (secondary N) is 1. The lowest BCUT2D eigenvalue weighted by Crippen LogP contribution is -2.19. The van der Waals surface area contributed by atoms with Gasteiger partial charge in [0.25, 0.3) is 0 Å². The number of hydrogen-bond acceptors (Lipinski definition) is 4. The third-order valence-electron chi connectivity index (χ3n) is 2.27. The van der Waals surface area contributed by atoms with Crippen LogP contribution in [0.1, 0.15) is 16.6 Å². The molecule has 4 heteroatoms. The first-order chi connectivity index (χ1) is 7.40. The van der Waals surface area contributed by atoms with Crippen LogP contribution in [0.5, 0.6) is 0 Å². The molecule has 0 spiro atoms. The Morgan fingerprint density at radius 2 is 2.40 bits per heavy atom. The molecule has 2 aromatic heterocycles. The Labute approximate surface area is 93.2 Å². The second kappa shape index (κ2) is 5.00. The van der Waals surface area contributed by atoms with Crippen LogP contribution in [-0.4, -0.2) is 17.0 Å². The standard InChI is InChI=1S/C11H13N3S/c1-12-10(7-9-3-2-6-15-9)11-8-13-4-5-14-11/h2-6,8,10,12H,7H2,1H3. The summed E-state index contributed by atoms with van der Waals surface area (Å²) in [5, 5.41) is 5.36. The highest BCUT2D eigenvalue weighted by Crippen LogP contribution is 2.18. The second-order valence-electron chi connectivity index (χ2n) is 3.26. The van der Waals surface area contributed by atoms with Crippen molar-refractivity contribution in [1.82, 2.24) is 15.3 Å². The molecule has 0 bridgehead atoms. The predicted octanol–water partition coefficient (Wildman–Crippen LogP) is 2.04. The van der Waals surface area contributed by atoms with E-state index in [4.69, 9.17) is 0 Å². The van der Waals surface area contributed by atoms with E-state index in [0.717, 1.165) is 12.1 Å². The first kappa shape index (κ1) is 10.3. The van der Waals surface area contributed by atoms with Crippen molar-refractivity contribution in [3.8, 4) is 0 Å². The number of likely N-dealkylation sites (N-methyl/N-ethyl adjacent to an activating group) is 1. The number of nitrogens with zero attached hydrogens (tertiary/aromatic N) is 2. The van der Waals surface area contributed by atoms with Crippen molar-refractivity contribution in [1.29, 1.82) is 0 Å². The lowest BCUT2D eigenvalue weighted by Gasteiger charge is -2.13. The van der Waals surface area contributed by atoms with Gasteiger partial charge in [0.2, 0.25) is 0 Å². The highest BCUT2D eigenvalue weighted by molar-refractivity contribution is 7.09. The van der Waals surface area contributed by atoms with Crippen LogP contribution in [0.15, 0.2) is 36.1 Å². The molecule has 0 aromatic carbocycles. The minimum absolute atomic E-state index is 0.248. The Balaban J connectivity index is 2.12. The average Bonchev–Trinajstić information content (AvgIpc) is 2.80. The van der Waals surface area contributed by atoms with Gasteiger partial charge >= 0.3 is 0 Å². The summed E-state index contributed by atoms with van der Waals surface area (Å²) in [6, 6.07) is 4.46. The molecule has 0 aliphatic rings. The minimum Gasteiger partial charge on any atom is -0.311 e. The molecule has 1 atom stereocenters. The van der Waals surface area contributed by atoms with E-state index in [-0.39, 0.29) is 6.04 Å². The highest BCUT2D eigenvalue weighted by Gasteiger charge is 2.11. The molecule has 0 amide bonds. The third-order valence-corrected chi connectivity index (χ3v) is 3.17. The molecule has 2 aromatic rings. The van der Waals surface area contributed by atoms with Gasteiger partial charge in [-0.2, -0.15) is 0 Å². The van der Waals surface area contributed by atoms with E-state index >= 15 is 0 Å². The van der Waals surface area contributed by atoms with Gasteiger partial charge in [-0.15, -0.1) is 11.3 Å². The average molecular weight is 219 g/mol. The Morgan fingerprint density at radius 1 is 1.47 bits per heavy atom. The van der Waals surface area contributed by atoms with Gasteiger partial charge in [-0.25, -0.2) is 0 Å². The molecule has 1 N–H and O–H groups in total. The summed E-state index contributed by atoms with van der Waals surface area (Å²) in [5.41, 5.74) is 0.994. The van der Waals surface area contributed by atoms with Crippen LogP contribution in [0.25, 0.3) is 0 Å². The fourth-order valence-electron chi connectivity index (χ4n) is 1.47. The van der Waals surface area contributed by atoms with Crippen LogP contribution >= 0.6 is 11.3 Å². The van der Waals surface area contributed by atoms with Gasteiger partial charge < -0.3 is 5.32 Å². The summed E-state index contributed by atoms with van der Waals surface area (Å²) in [7, 11) is 1.95. The van der Waals surface area contributed by atoms with Crippen molar-refractivity contribution >= 4 is 11.3 Å². The Bertz CT molecular complexity index is 385. The fraction of sp³-hybridized carbons (Fsp3) is 0.273. The maximum atomic E-state index is 4.31. The van der Waals surface area contributed by atoms with Crippen LogP contribution in [0, 0.1) is 0 Å². The van der Waals surface area contributed by atoms with E-state index in [9.17, 15) is 0 Å². The molecule has 78 valence electrons. The van der Waals surface area contributed by atoms with E-state index in [1.54, 1.807) is 23.7 Å². The van der Waals surface area contributed by atoms with Crippen LogP contribution in [0.2, 0.25) is 0 Å². The summed E-state index contributed by atoms with van der Waals surface area (Å²) < 4.78 is 0. The summed E-state index contributed by atoms with van der Waals surface area (Å²) in [5.74, 6) is 0. The molecule has 0 saturated heterocycles. The zero-order chi connectivity index (χ0) is 10.5. The molecular formula is C11H13N3S. The molecule has 0 aliphatic carbocycles. The number of aromatic nitrogens is 2. The fourth-order valence-corrected chi connectivity index (χ4v) is 2.23. The summed E-state index contributed by atoms with van der Waals surface area (Å²) >= 11 is 1.77. The van der Waals surface area contributed by atoms with Gasteiger partial charge in [0.1, 0.15) is 0 Å². The monoisotopic (exact) mass is 219 g/mol. The van der Waals surface area contributed by atoms with Crippen LogP contribution in [0.4, 0.5) is 0 Å². The Hall–Kier alpha value is -1.26. The van der Waals surface area contributed by atoms with E-state index in [2.05, 4.69) is 32.8 Å². The summed E-state index contributed by atoms with van der Waals surface area (Å²) in [4.78, 5) is 9.75. The maximum absolute atomic E-state index is 4.31. The Kier molecular flexibility index (Phi) is 3.42. The molecule has 0 fully saturated rings. The quantitative estimate of drug-likeness (QED) is 0.855. The van der Waals surface area contributed by atoms with Crippen molar-refractivity contribution in [3.05, 3.63) is 46.7 Å². The smallest absolute Gasteiger partial charge is 0.0759 e. The topological polar surface area (TPSA) is 37.8 Å². The van der Waals surface area contributed by atoms with E-state index in [1.807, 2.05) is 13.2 Å². The SMILES string of the molecule is CNC(Cc1cccs1)c1cnccn1. The third kappa shape index (κ3) is 2.61. The molecule has 2 heterocycles. The molecule has 3 nitrogen and oxygen atoms in total. The van der Waals surface area contributed by atoms with E-state index in [1.165, 1.54) is 4.88 Å². The highest BCUT2D eigenvalue weighted by atomic mass is 32.1. The molecule has 0 aliphatic heterocycles. The van der Waals surface area contributed by atoms with Crippen LogP contribution < -0.4 is 5.32 Å². The zero-order valence-corrected chi connectivity index (χ0v) is 9.37. The first-order valence-corrected chi connectivity index (χ1v) is 5.73. The van der Waals surface area contributed by atoms with Gasteiger partial charge in [-0.05, 0) is 18.5 Å². The predicted molar refractivity (Wildman–Crippen MR) is 61.9 cm³/mol. The lowest BCUT2D eigenvalue weighted by atomic mass is 10.1. The van der Waals surface area contributed by atoms with Crippen molar-refractivity contribution < 1.29 is 0 Å². The normalized spacial score (nSPS) is 12.6. The van der Waals surface area contributed by atoms with Crippen molar-refractivity contribution in [2.24, 2.45) is 0 Å². The van der Waals surface area contributed by atoms with Gasteiger partial charge in [-0.1, -0.05) is 6.07 Å². The maximum Gasteiger partial charge on any atom is 0.0759 e. The lowest BCUT2D eigenvalue weighted by molar-refractivity contribution is 0.577. The van der Waals surface area contributed by atoms with Gasteiger partial charge in [0.15, 0.2) is 0 Å². The second-order valence-corrected chi connectivity index (χ2v) is 4.29. The van der Waals surface area contributed by atoms with Gasteiger partial charge in [0, 0.05) is 29.9 Å². The molecule has 1 unspecified atom stereocenters. The van der Waals surface area contributed by atoms with Crippen molar-refractivity contribution in [2.75, 3.05) is 7.05 Å². The molecular weight excluding hydrogens is 206 g/mol. The minimum atomic E-state index is 0.248. The van der Waals surface area contributed by atoms with Crippen molar-refractivity contribution in [3.63, 3.8) is 0 Å². The molecule has 0 saturated carbocycles. The van der Waals surface area contributed by atoms with Gasteiger partial charge in [-0.3, -0.25) is 9.97 Å². The summed E-state index contributed by atoms with van der Waals surface area (Å²) in [6.07, 6.45) is 6.21. The molecule has 15 heavy (non-hydrogen) atoms. The first-order valence-electron chi connectivity index (χ1n) is 4.85. The van der Waals surface area contributed by atoms with Crippen LogP contribution in [-0.2, 0) is 6.42 Å². The van der Waals surface area contributed by atoms with E-state index < -0.39 is 0 Å². The number of rotatable bonds is 4. The van der Waals surface area contributed by atoms with E-state index in [0.29, 0.717) is 0 Å². The molecule has 2 rings (SSSR count). The van der Waals surface area contributed by atoms with Crippen LogP contribution in [0.3, 0.4) is 0 Å². The number of thiophene rings is 1. The molecule has 0 radical (unpaired) electrons. The summed E-state index contributed by atoms with van der Waals surface area (Å²) in [6.45, 7) is 0. The van der Waals surface area contributed by atoms with Crippen molar-refractivity contribution in [2.45, 2.75) is 12.5 Å². The zero-order valence-electron chi connectivity index (χ0n) is 8.55. The Morgan fingerprint density at radius 3 is 3.00 bits per heavy atom. The van der Waals surface area contributed by atoms with Gasteiger partial charge in [0.05, 0.1) is 11.7 Å².